The van der Waals surface area contributed by atoms with Gasteiger partial charge in [-0.2, -0.15) is 0 Å². The van der Waals surface area contributed by atoms with E-state index in [0.29, 0.717) is 0 Å². The molecule has 0 heterocycles. The van der Waals surface area contributed by atoms with E-state index in [1.807, 2.05) is 0 Å². The summed E-state index contributed by atoms with van der Waals surface area (Å²) in [7, 11) is 0. The van der Waals surface area contributed by atoms with Crippen molar-refractivity contribution in [3.63, 3.8) is 0 Å². The van der Waals surface area contributed by atoms with Crippen LogP contribution < -0.4 is 0 Å². The molecule has 0 heteroatoms. The maximum atomic E-state index is 2.38. The highest BCUT2D eigenvalue weighted by atomic mass is 14.7. The Morgan fingerprint density at radius 1 is 1.14 bits per heavy atom. The summed E-state index contributed by atoms with van der Waals surface area (Å²) < 4.78 is 0. The molecule has 0 aromatic heterocycles. The molecule has 0 saturated heterocycles. The van der Waals surface area contributed by atoms with E-state index in [1.54, 1.807) is 0 Å². The molecule has 40 valence electrons. The molecule has 3 atom stereocenters. The molecule has 2 aliphatic carbocycles. The third-order valence-corrected chi connectivity index (χ3v) is 3.02. The van der Waals surface area contributed by atoms with Gasteiger partial charge >= 0.3 is 0 Å². The van der Waals surface area contributed by atoms with Gasteiger partial charge in [-0.05, 0) is 30.1 Å². The van der Waals surface area contributed by atoms with Crippen LogP contribution in [0, 0.1) is 17.3 Å². The Kier molecular flexibility index (Phi) is 0.430. The van der Waals surface area contributed by atoms with Crippen LogP contribution in [-0.4, -0.2) is 0 Å². The quantitative estimate of drug-likeness (QED) is 0.433. The summed E-state index contributed by atoms with van der Waals surface area (Å²) in [4.78, 5) is 0. The molecule has 1 spiro atoms. The molecule has 0 radical (unpaired) electrons. The van der Waals surface area contributed by atoms with Gasteiger partial charge in [0.15, 0.2) is 0 Å². The molecule has 0 amide bonds. The zero-order valence-corrected chi connectivity index (χ0v) is 5.07. The summed E-state index contributed by atoms with van der Waals surface area (Å²) in [6.07, 6.45) is 3.07. The van der Waals surface area contributed by atoms with Gasteiger partial charge in [-0.1, -0.05) is 13.8 Å². The Hall–Kier alpha value is 0. The fourth-order valence-corrected chi connectivity index (χ4v) is 1.99. The molecule has 2 fully saturated rings. The second kappa shape index (κ2) is 0.765. The molecule has 0 bridgehead atoms. The van der Waals surface area contributed by atoms with Crippen LogP contribution in [0.2, 0.25) is 0 Å². The van der Waals surface area contributed by atoms with Crippen molar-refractivity contribution in [2.45, 2.75) is 26.7 Å². The molecule has 0 nitrogen and oxygen atoms in total. The van der Waals surface area contributed by atoms with Crippen LogP contribution >= 0.6 is 0 Å². The zero-order chi connectivity index (χ0) is 5.07. The van der Waals surface area contributed by atoms with Gasteiger partial charge in [0.25, 0.3) is 0 Å². The predicted octanol–water partition coefficient (Wildman–Crippen LogP) is 2.05. The summed E-state index contributed by atoms with van der Waals surface area (Å²) in [5.41, 5.74) is 0.917. The standard InChI is InChI=1S/C7H12/c1-5-3-7(5)4-6(7)2/h5-6H,3-4H2,1-2H3/t5-,6?,7?/m0/s1. The lowest BCUT2D eigenvalue weighted by Gasteiger charge is -1.78. The van der Waals surface area contributed by atoms with Crippen LogP contribution in [-0.2, 0) is 0 Å². The fraction of sp³-hybridized carbons (Fsp3) is 1.00. The average molecular weight is 96.2 g/mol. The lowest BCUT2D eigenvalue weighted by atomic mass is 10.3. The fourth-order valence-electron chi connectivity index (χ4n) is 1.99. The largest absolute Gasteiger partial charge is 0.0619 e. The van der Waals surface area contributed by atoms with E-state index in [4.69, 9.17) is 0 Å². The molecule has 2 rings (SSSR count). The Bertz CT molecular complexity index is 90.6. The monoisotopic (exact) mass is 96.1 g/mol. The first kappa shape index (κ1) is 3.94. The van der Waals surface area contributed by atoms with Gasteiger partial charge in [-0.25, -0.2) is 0 Å². The maximum absolute atomic E-state index is 2.38. The van der Waals surface area contributed by atoms with E-state index < -0.39 is 0 Å². The summed E-state index contributed by atoms with van der Waals surface area (Å²) in [5.74, 6) is 2.17. The van der Waals surface area contributed by atoms with Crippen molar-refractivity contribution >= 4 is 0 Å². The molecule has 0 aromatic carbocycles. The first-order chi connectivity index (χ1) is 3.26. The van der Waals surface area contributed by atoms with Crippen molar-refractivity contribution in [2.24, 2.45) is 17.3 Å². The van der Waals surface area contributed by atoms with Crippen LogP contribution in [0.1, 0.15) is 26.7 Å². The second-order valence-electron chi connectivity index (χ2n) is 3.44. The Balaban J connectivity index is 2.11. The Morgan fingerprint density at radius 3 is 1.43 bits per heavy atom. The Morgan fingerprint density at radius 2 is 1.43 bits per heavy atom. The smallest absolute Gasteiger partial charge is 0.0240 e. The zero-order valence-electron chi connectivity index (χ0n) is 5.07. The minimum Gasteiger partial charge on any atom is -0.0619 e. The Labute approximate surface area is 44.9 Å². The second-order valence-corrected chi connectivity index (χ2v) is 3.44. The van der Waals surface area contributed by atoms with E-state index in [-0.39, 0.29) is 0 Å². The van der Waals surface area contributed by atoms with E-state index in [0.717, 1.165) is 17.3 Å². The summed E-state index contributed by atoms with van der Waals surface area (Å²) in [5, 5.41) is 0. The van der Waals surface area contributed by atoms with Crippen LogP contribution in [0.15, 0.2) is 0 Å². The molecule has 2 unspecified atom stereocenters. The molecule has 2 saturated carbocycles. The van der Waals surface area contributed by atoms with Crippen molar-refractivity contribution in [2.75, 3.05) is 0 Å². The third-order valence-electron chi connectivity index (χ3n) is 3.02. The van der Waals surface area contributed by atoms with E-state index in [1.165, 1.54) is 12.8 Å². The topological polar surface area (TPSA) is 0 Å². The number of hydrogen-bond donors (Lipinski definition) is 0. The molecule has 0 aliphatic heterocycles. The normalized spacial score (nSPS) is 66.0. The molecular formula is C7H12. The van der Waals surface area contributed by atoms with Gasteiger partial charge in [0.2, 0.25) is 0 Å². The van der Waals surface area contributed by atoms with Crippen molar-refractivity contribution in [1.82, 2.24) is 0 Å². The van der Waals surface area contributed by atoms with E-state index in [9.17, 15) is 0 Å². The molecule has 0 aromatic rings. The van der Waals surface area contributed by atoms with E-state index >= 15 is 0 Å². The van der Waals surface area contributed by atoms with Gasteiger partial charge in [0.1, 0.15) is 0 Å². The SMILES string of the molecule is CC1CC12C[C@@H]2C. The lowest BCUT2D eigenvalue weighted by Crippen LogP contribution is -1.73. The lowest BCUT2D eigenvalue weighted by molar-refractivity contribution is 0.696. The van der Waals surface area contributed by atoms with Gasteiger partial charge < -0.3 is 0 Å². The van der Waals surface area contributed by atoms with Gasteiger partial charge in [-0.15, -0.1) is 0 Å². The molecule has 2 aliphatic rings. The van der Waals surface area contributed by atoms with Crippen molar-refractivity contribution in [3.8, 4) is 0 Å². The van der Waals surface area contributed by atoms with Gasteiger partial charge in [-0.3, -0.25) is 0 Å². The summed E-state index contributed by atoms with van der Waals surface area (Å²) >= 11 is 0. The predicted molar refractivity (Wildman–Crippen MR) is 30.0 cm³/mol. The van der Waals surface area contributed by atoms with E-state index in [2.05, 4.69) is 13.8 Å². The molecular weight excluding hydrogens is 84.1 g/mol. The molecule has 7 heavy (non-hydrogen) atoms. The van der Waals surface area contributed by atoms with Crippen molar-refractivity contribution in [3.05, 3.63) is 0 Å². The average Bonchev–Trinajstić information content (AvgIpc) is 2.28. The van der Waals surface area contributed by atoms with Gasteiger partial charge in [0, 0.05) is 0 Å². The summed E-state index contributed by atoms with van der Waals surface area (Å²) in [6.45, 7) is 4.76. The summed E-state index contributed by atoms with van der Waals surface area (Å²) in [6, 6.07) is 0. The highest BCUT2D eigenvalue weighted by Crippen LogP contribution is 2.74. The molecule has 0 N–H and O–H groups in total. The minimum atomic E-state index is 0.917. The van der Waals surface area contributed by atoms with Crippen LogP contribution in [0.25, 0.3) is 0 Å². The number of hydrogen-bond acceptors (Lipinski definition) is 0. The number of rotatable bonds is 0. The highest BCUT2D eigenvalue weighted by molar-refractivity contribution is 5.14. The maximum Gasteiger partial charge on any atom is -0.0240 e. The van der Waals surface area contributed by atoms with Crippen LogP contribution in [0.5, 0.6) is 0 Å². The van der Waals surface area contributed by atoms with Crippen molar-refractivity contribution < 1.29 is 0 Å². The van der Waals surface area contributed by atoms with Crippen molar-refractivity contribution in [1.29, 1.82) is 0 Å². The van der Waals surface area contributed by atoms with Gasteiger partial charge in [0.05, 0.1) is 0 Å². The minimum absolute atomic E-state index is 0.917. The third kappa shape index (κ3) is 0.296. The first-order valence-electron chi connectivity index (χ1n) is 3.26. The first-order valence-corrected chi connectivity index (χ1v) is 3.26. The van der Waals surface area contributed by atoms with Crippen LogP contribution in [0.3, 0.4) is 0 Å². The highest BCUT2D eigenvalue weighted by Gasteiger charge is 2.65. The van der Waals surface area contributed by atoms with Crippen LogP contribution in [0.4, 0.5) is 0 Å².